The fraction of sp³-hybridized carbons (Fsp3) is 0.222. The molecule has 3 aromatic rings. The van der Waals surface area contributed by atoms with Gasteiger partial charge in [0.1, 0.15) is 0 Å². The van der Waals surface area contributed by atoms with E-state index >= 15 is 0 Å². The van der Waals surface area contributed by atoms with Crippen LogP contribution in [-0.4, -0.2) is 4.57 Å². The lowest BCUT2D eigenvalue weighted by molar-refractivity contribution is 0.970. The molecule has 0 atom stereocenters. The van der Waals surface area contributed by atoms with E-state index in [0.29, 0.717) is 0 Å². The Balaban J connectivity index is 2.37. The molecule has 3 rings (SSSR count). The third kappa shape index (κ3) is 1.86. The molecule has 0 fully saturated rings. The van der Waals surface area contributed by atoms with Crippen molar-refractivity contribution in [1.29, 1.82) is 0 Å². The number of fused-ring (bicyclic) bond motifs is 1. The van der Waals surface area contributed by atoms with Gasteiger partial charge in [0.15, 0.2) is 0 Å². The van der Waals surface area contributed by atoms with E-state index in [0.717, 1.165) is 0 Å². The van der Waals surface area contributed by atoms with Crippen LogP contribution in [0.4, 0.5) is 0 Å². The van der Waals surface area contributed by atoms with Gasteiger partial charge >= 0.3 is 0 Å². The van der Waals surface area contributed by atoms with E-state index in [1.807, 2.05) is 0 Å². The van der Waals surface area contributed by atoms with Crippen molar-refractivity contribution in [1.82, 2.24) is 4.57 Å². The molecular formula is C18H19N. The molecule has 19 heavy (non-hydrogen) atoms. The fourth-order valence-electron chi connectivity index (χ4n) is 3.15. The third-order valence-electron chi connectivity index (χ3n) is 3.84. The van der Waals surface area contributed by atoms with Crippen LogP contribution >= 0.6 is 0 Å². The molecule has 0 aliphatic carbocycles. The number of rotatable bonds is 1. The van der Waals surface area contributed by atoms with Crippen LogP contribution in [0.1, 0.15) is 16.7 Å². The SMILES string of the molecule is Cc1cc(C)c(-c2cn(C)c3ccccc23)c(C)c1. The Kier molecular flexibility index (Phi) is 2.70. The zero-order valence-corrected chi connectivity index (χ0v) is 12.0. The standard InChI is InChI=1S/C18H19N/c1-12-9-13(2)18(14(3)10-12)16-11-19(4)17-8-6-5-7-15(16)17/h5-11H,1-4H3. The van der Waals surface area contributed by atoms with E-state index in [1.165, 1.54) is 38.7 Å². The maximum absolute atomic E-state index is 2.27. The van der Waals surface area contributed by atoms with E-state index in [9.17, 15) is 0 Å². The summed E-state index contributed by atoms with van der Waals surface area (Å²) in [5.74, 6) is 0. The summed E-state index contributed by atoms with van der Waals surface area (Å²) in [6.07, 6.45) is 2.25. The number of aromatic nitrogens is 1. The third-order valence-corrected chi connectivity index (χ3v) is 3.84. The molecule has 0 spiro atoms. The second-order valence-electron chi connectivity index (χ2n) is 5.44. The Labute approximate surface area is 114 Å². The number of hydrogen-bond acceptors (Lipinski definition) is 0. The summed E-state index contributed by atoms with van der Waals surface area (Å²) in [4.78, 5) is 0. The Morgan fingerprint density at radius 3 is 2.21 bits per heavy atom. The maximum Gasteiger partial charge on any atom is 0.0484 e. The first-order chi connectivity index (χ1) is 9.08. The predicted octanol–water partition coefficient (Wildman–Crippen LogP) is 4.77. The molecule has 0 aliphatic heterocycles. The van der Waals surface area contributed by atoms with Crippen LogP contribution in [0.15, 0.2) is 42.6 Å². The van der Waals surface area contributed by atoms with Crippen LogP contribution in [0, 0.1) is 20.8 Å². The lowest BCUT2D eigenvalue weighted by Gasteiger charge is -2.10. The molecule has 0 radical (unpaired) electrons. The van der Waals surface area contributed by atoms with Gasteiger partial charge in [-0.2, -0.15) is 0 Å². The first-order valence-electron chi connectivity index (χ1n) is 6.70. The highest BCUT2D eigenvalue weighted by molar-refractivity contribution is 5.97. The minimum atomic E-state index is 1.29. The summed E-state index contributed by atoms with van der Waals surface area (Å²) >= 11 is 0. The number of nitrogens with zero attached hydrogens (tertiary/aromatic N) is 1. The smallest absolute Gasteiger partial charge is 0.0484 e. The van der Waals surface area contributed by atoms with E-state index in [-0.39, 0.29) is 0 Å². The van der Waals surface area contributed by atoms with Crippen LogP contribution in [0.3, 0.4) is 0 Å². The first-order valence-corrected chi connectivity index (χ1v) is 6.70. The molecule has 1 nitrogen and oxygen atoms in total. The van der Waals surface area contributed by atoms with Gasteiger partial charge in [-0.15, -0.1) is 0 Å². The molecule has 1 heterocycles. The van der Waals surface area contributed by atoms with E-state index in [1.54, 1.807) is 0 Å². The molecule has 96 valence electrons. The van der Waals surface area contributed by atoms with Crippen molar-refractivity contribution in [2.45, 2.75) is 20.8 Å². The Bertz CT molecular complexity index is 739. The van der Waals surface area contributed by atoms with Gasteiger partial charge in [-0.3, -0.25) is 0 Å². The molecule has 0 saturated carbocycles. The summed E-state index contributed by atoms with van der Waals surface area (Å²) in [7, 11) is 2.12. The van der Waals surface area contributed by atoms with Gasteiger partial charge in [0.05, 0.1) is 0 Å². The molecule has 0 unspecified atom stereocenters. The quantitative estimate of drug-likeness (QED) is 0.585. The van der Waals surface area contributed by atoms with Crippen molar-refractivity contribution >= 4 is 10.9 Å². The zero-order valence-electron chi connectivity index (χ0n) is 12.0. The van der Waals surface area contributed by atoms with Gasteiger partial charge in [-0.1, -0.05) is 35.9 Å². The molecule has 0 aliphatic rings. The van der Waals surface area contributed by atoms with Gasteiger partial charge < -0.3 is 4.57 Å². The maximum atomic E-state index is 2.27. The van der Waals surface area contributed by atoms with Crippen LogP contribution in [0.25, 0.3) is 22.0 Å². The van der Waals surface area contributed by atoms with Crippen molar-refractivity contribution in [3.63, 3.8) is 0 Å². The fourth-order valence-corrected chi connectivity index (χ4v) is 3.15. The topological polar surface area (TPSA) is 4.93 Å². The normalized spacial score (nSPS) is 11.2. The minimum Gasteiger partial charge on any atom is -0.350 e. The highest BCUT2D eigenvalue weighted by atomic mass is 14.9. The predicted molar refractivity (Wildman–Crippen MR) is 82.6 cm³/mol. The minimum absolute atomic E-state index is 1.29. The molecule has 0 bridgehead atoms. The van der Waals surface area contributed by atoms with Crippen LogP contribution in [-0.2, 0) is 7.05 Å². The molecular weight excluding hydrogens is 230 g/mol. The first kappa shape index (κ1) is 12.0. The number of para-hydroxylation sites is 1. The second-order valence-corrected chi connectivity index (χ2v) is 5.44. The highest BCUT2D eigenvalue weighted by Crippen LogP contribution is 2.34. The van der Waals surface area contributed by atoms with Crippen LogP contribution in [0.5, 0.6) is 0 Å². The molecule has 1 aromatic heterocycles. The Hall–Kier alpha value is -2.02. The Morgan fingerprint density at radius 1 is 0.895 bits per heavy atom. The van der Waals surface area contributed by atoms with E-state index < -0.39 is 0 Å². The van der Waals surface area contributed by atoms with Crippen LogP contribution < -0.4 is 0 Å². The summed E-state index contributed by atoms with van der Waals surface area (Å²) in [6.45, 7) is 6.57. The summed E-state index contributed by atoms with van der Waals surface area (Å²) in [6, 6.07) is 13.1. The number of aryl methyl sites for hydroxylation is 4. The summed E-state index contributed by atoms with van der Waals surface area (Å²) in [5, 5.41) is 1.33. The van der Waals surface area contributed by atoms with Crippen molar-refractivity contribution in [3.05, 3.63) is 59.3 Å². The van der Waals surface area contributed by atoms with Gasteiger partial charge in [-0.25, -0.2) is 0 Å². The average molecular weight is 249 g/mol. The Morgan fingerprint density at radius 2 is 1.53 bits per heavy atom. The molecule has 0 N–H and O–H groups in total. The lowest BCUT2D eigenvalue weighted by atomic mass is 9.94. The van der Waals surface area contributed by atoms with Crippen molar-refractivity contribution in [2.75, 3.05) is 0 Å². The van der Waals surface area contributed by atoms with Gasteiger partial charge in [0.2, 0.25) is 0 Å². The van der Waals surface area contributed by atoms with Gasteiger partial charge in [0.25, 0.3) is 0 Å². The lowest BCUT2D eigenvalue weighted by Crippen LogP contribution is -1.89. The summed E-state index contributed by atoms with van der Waals surface area (Å²) in [5.41, 5.74) is 8.05. The monoisotopic (exact) mass is 249 g/mol. The van der Waals surface area contributed by atoms with Gasteiger partial charge in [-0.05, 0) is 43.5 Å². The second kappa shape index (κ2) is 4.27. The largest absolute Gasteiger partial charge is 0.350 e. The van der Waals surface area contributed by atoms with E-state index in [2.05, 4.69) is 75.0 Å². The van der Waals surface area contributed by atoms with Gasteiger partial charge in [0, 0.05) is 29.7 Å². The molecule has 0 saturated heterocycles. The number of hydrogen-bond donors (Lipinski definition) is 0. The van der Waals surface area contributed by atoms with Crippen LogP contribution in [0.2, 0.25) is 0 Å². The molecule has 2 aromatic carbocycles. The molecule has 0 amide bonds. The summed E-state index contributed by atoms with van der Waals surface area (Å²) < 4.78 is 2.21. The van der Waals surface area contributed by atoms with Crippen molar-refractivity contribution in [2.24, 2.45) is 7.05 Å². The van der Waals surface area contributed by atoms with E-state index in [4.69, 9.17) is 0 Å². The van der Waals surface area contributed by atoms with Crippen molar-refractivity contribution < 1.29 is 0 Å². The highest BCUT2D eigenvalue weighted by Gasteiger charge is 2.12. The van der Waals surface area contributed by atoms with Crippen molar-refractivity contribution in [3.8, 4) is 11.1 Å². The zero-order chi connectivity index (χ0) is 13.6. The molecule has 1 heteroatoms. The number of benzene rings is 2. The average Bonchev–Trinajstić information content (AvgIpc) is 2.67.